The van der Waals surface area contributed by atoms with Gasteiger partial charge in [-0.1, -0.05) is 11.6 Å². The van der Waals surface area contributed by atoms with Gasteiger partial charge < -0.3 is 0 Å². The number of hydrogen-bond donors (Lipinski definition) is 3. The van der Waals surface area contributed by atoms with Gasteiger partial charge in [0.1, 0.15) is 5.82 Å². The van der Waals surface area contributed by atoms with Crippen LogP contribution in [0.4, 0.5) is 33.9 Å². The van der Waals surface area contributed by atoms with Crippen molar-refractivity contribution in [2.24, 2.45) is 0 Å². The van der Waals surface area contributed by atoms with E-state index in [0.717, 1.165) is 0 Å². The molecule has 0 unspecified atom stereocenters. The Hall–Kier alpha value is -2.55. The standard InChI is InChI=1S/C13H9ClF4N4O/c14-10-5-7(13(16,17)18)6-19-11(10)20-12(23)22-21-9-3-1-8(15)2-4-9/h1-6,21H,(H2,19,20,22,23). The minimum atomic E-state index is -4.58. The molecule has 1 aromatic carbocycles. The van der Waals surface area contributed by atoms with Crippen LogP contribution in [0.1, 0.15) is 5.56 Å². The first kappa shape index (κ1) is 16.8. The predicted octanol–water partition coefficient (Wildman–Crippen LogP) is 4.04. The fourth-order valence-electron chi connectivity index (χ4n) is 1.49. The van der Waals surface area contributed by atoms with Gasteiger partial charge in [-0.15, -0.1) is 0 Å². The number of amides is 2. The van der Waals surface area contributed by atoms with Crippen LogP contribution in [0, 0.1) is 5.82 Å². The topological polar surface area (TPSA) is 66.1 Å². The third-order valence-corrected chi connectivity index (χ3v) is 2.85. The van der Waals surface area contributed by atoms with Gasteiger partial charge in [0.05, 0.1) is 16.3 Å². The summed E-state index contributed by atoms with van der Waals surface area (Å²) >= 11 is 5.65. The lowest BCUT2D eigenvalue weighted by Crippen LogP contribution is -2.33. The normalized spacial score (nSPS) is 11.0. The largest absolute Gasteiger partial charge is 0.417 e. The summed E-state index contributed by atoms with van der Waals surface area (Å²) in [6.45, 7) is 0. The Balaban J connectivity index is 1.96. The molecule has 2 amide bonds. The first-order valence-corrected chi connectivity index (χ1v) is 6.45. The van der Waals surface area contributed by atoms with Crippen molar-refractivity contribution in [2.45, 2.75) is 6.18 Å². The van der Waals surface area contributed by atoms with Gasteiger partial charge >= 0.3 is 12.2 Å². The lowest BCUT2D eigenvalue weighted by atomic mass is 10.3. The average molecular weight is 349 g/mol. The zero-order valence-electron chi connectivity index (χ0n) is 11.2. The molecule has 1 aromatic heterocycles. The minimum absolute atomic E-state index is 0.238. The molecule has 122 valence electrons. The summed E-state index contributed by atoms with van der Waals surface area (Å²) in [5, 5.41) is 1.81. The molecule has 0 spiro atoms. The molecule has 0 saturated heterocycles. The van der Waals surface area contributed by atoms with Crippen LogP contribution in [0.15, 0.2) is 36.5 Å². The number of hydrogen-bond acceptors (Lipinski definition) is 3. The molecule has 0 fully saturated rings. The molecular formula is C13H9ClF4N4O. The van der Waals surface area contributed by atoms with Crippen LogP contribution in [0.5, 0.6) is 0 Å². The van der Waals surface area contributed by atoms with Crippen molar-refractivity contribution in [3.05, 3.63) is 52.9 Å². The van der Waals surface area contributed by atoms with Crippen molar-refractivity contribution >= 4 is 29.1 Å². The Bertz CT molecular complexity index is 706. The molecule has 10 heteroatoms. The summed E-state index contributed by atoms with van der Waals surface area (Å²) in [6, 6.07) is 4.94. The highest BCUT2D eigenvalue weighted by atomic mass is 35.5. The number of hydrazine groups is 1. The zero-order valence-corrected chi connectivity index (χ0v) is 12.0. The van der Waals surface area contributed by atoms with Crippen LogP contribution < -0.4 is 16.2 Å². The number of aromatic nitrogens is 1. The molecule has 0 aliphatic carbocycles. The van der Waals surface area contributed by atoms with Crippen LogP contribution in [-0.2, 0) is 6.18 Å². The lowest BCUT2D eigenvalue weighted by Gasteiger charge is -2.12. The second kappa shape index (κ2) is 6.69. The molecule has 0 aliphatic heterocycles. The molecule has 0 atom stereocenters. The van der Waals surface area contributed by atoms with Crippen LogP contribution >= 0.6 is 11.6 Å². The molecule has 0 radical (unpaired) electrons. The van der Waals surface area contributed by atoms with E-state index in [0.29, 0.717) is 18.0 Å². The molecule has 3 N–H and O–H groups in total. The highest BCUT2D eigenvalue weighted by Crippen LogP contribution is 2.32. The summed E-state index contributed by atoms with van der Waals surface area (Å²) in [7, 11) is 0. The molecule has 0 saturated carbocycles. The summed E-state index contributed by atoms with van der Waals surface area (Å²) in [5.74, 6) is -0.682. The first-order valence-electron chi connectivity index (χ1n) is 6.07. The number of carbonyl (C=O) groups is 1. The number of urea groups is 1. The lowest BCUT2D eigenvalue weighted by molar-refractivity contribution is -0.137. The van der Waals surface area contributed by atoms with Gasteiger partial charge in [-0.3, -0.25) is 16.2 Å². The third-order valence-electron chi connectivity index (χ3n) is 2.57. The van der Waals surface area contributed by atoms with Crippen molar-refractivity contribution < 1.29 is 22.4 Å². The predicted molar refractivity (Wildman–Crippen MR) is 76.4 cm³/mol. The highest BCUT2D eigenvalue weighted by molar-refractivity contribution is 6.33. The van der Waals surface area contributed by atoms with Gasteiger partial charge in [0, 0.05) is 6.20 Å². The van der Waals surface area contributed by atoms with Gasteiger partial charge in [-0.2, -0.15) is 13.2 Å². The van der Waals surface area contributed by atoms with Crippen molar-refractivity contribution in [1.82, 2.24) is 10.4 Å². The van der Waals surface area contributed by atoms with E-state index in [1.54, 1.807) is 0 Å². The number of carbonyl (C=O) groups excluding carboxylic acids is 1. The first-order chi connectivity index (χ1) is 10.8. The Morgan fingerprint density at radius 3 is 2.39 bits per heavy atom. The Labute approximate surface area is 132 Å². The second-order valence-electron chi connectivity index (χ2n) is 4.26. The van der Waals surface area contributed by atoms with Gasteiger partial charge in [0.15, 0.2) is 5.82 Å². The van der Waals surface area contributed by atoms with Crippen LogP contribution in [-0.4, -0.2) is 11.0 Å². The van der Waals surface area contributed by atoms with Crippen molar-refractivity contribution in [3.63, 3.8) is 0 Å². The van der Waals surface area contributed by atoms with Crippen molar-refractivity contribution in [1.29, 1.82) is 0 Å². The minimum Gasteiger partial charge on any atom is -0.297 e. The van der Waals surface area contributed by atoms with E-state index >= 15 is 0 Å². The maximum Gasteiger partial charge on any atom is 0.417 e. The molecular weight excluding hydrogens is 340 g/mol. The SMILES string of the molecule is O=C(NNc1ccc(F)cc1)Nc1ncc(C(F)(F)F)cc1Cl. The van der Waals surface area contributed by atoms with E-state index in [2.05, 4.69) is 21.2 Å². The summed E-state index contributed by atoms with van der Waals surface area (Å²) < 4.78 is 50.1. The van der Waals surface area contributed by atoms with Gasteiger partial charge in [0.2, 0.25) is 0 Å². The molecule has 5 nitrogen and oxygen atoms in total. The fraction of sp³-hybridized carbons (Fsp3) is 0.0769. The number of nitrogens with zero attached hydrogens (tertiary/aromatic N) is 1. The Morgan fingerprint density at radius 2 is 1.83 bits per heavy atom. The number of alkyl halides is 3. The smallest absolute Gasteiger partial charge is 0.297 e. The number of rotatable bonds is 3. The van der Waals surface area contributed by atoms with E-state index in [1.165, 1.54) is 24.3 Å². The maximum atomic E-state index is 12.7. The van der Waals surface area contributed by atoms with E-state index in [4.69, 9.17) is 11.6 Å². The van der Waals surface area contributed by atoms with Crippen LogP contribution in [0.3, 0.4) is 0 Å². The summed E-state index contributed by atoms with van der Waals surface area (Å²) in [5.41, 5.74) is 4.03. The number of pyridine rings is 1. The number of nitrogens with one attached hydrogen (secondary N) is 3. The summed E-state index contributed by atoms with van der Waals surface area (Å²) in [6.07, 6.45) is -4.03. The van der Waals surface area contributed by atoms with Crippen molar-refractivity contribution in [2.75, 3.05) is 10.7 Å². The van der Waals surface area contributed by atoms with E-state index in [9.17, 15) is 22.4 Å². The van der Waals surface area contributed by atoms with Gasteiger partial charge in [-0.25, -0.2) is 14.2 Å². The third kappa shape index (κ3) is 4.71. The van der Waals surface area contributed by atoms with Crippen LogP contribution in [0.2, 0.25) is 5.02 Å². The monoisotopic (exact) mass is 348 g/mol. The van der Waals surface area contributed by atoms with Crippen LogP contribution in [0.25, 0.3) is 0 Å². The van der Waals surface area contributed by atoms with Gasteiger partial charge in [0.25, 0.3) is 0 Å². The summed E-state index contributed by atoms with van der Waals surface area (Å²) in [4.78, 5) is 15.1. The van der Waals surface area contributed by atoms with E-state index in [1.807, 2.05) is 0 Å². The maximum absolute atomic E-state index is 12.7. The highest BCUT2D eigenvalue weighted by Gasteiger charge is 2.31. The quantitative estimate of drug-likeness (QED) is 0.579. The molecule has 0 bridgehead atoms. The van der Waals surface area contributed by atoms with E-state index in [-0.39, 0.29) is 10.8 Å². The zero-order chi connectivity index (χ0) is 17.0. The number of anilines is 2. The number of halogens is 5. The molecule has 0 aliphatic rings. The second-order valence-corrected chi connectivity index (χ2v) is 4.67. The average Bonchev–Trinajstić information content (AvgIpc) is 2.48. The molecule has 2 aromatic rings. The number of benzene rings is 1. The van der Waals surface area contributed by atoms with E-state index < -0.39 is 23.6 Å². The molecule has 1 heterocycles. The van der Waals surface area contributed by atoms with Crippen molar-refractivity contribution in [3.8, 4) is 0 Å². The van der Waals surface area contributed by atoms with Gasteiger partial charge in [-0.05, 0) is 30.3 Å². The Morgan fingerprint density at radius 1 is 1.17 bits per heavy atom. The molecule has 23 heavy (non-hydrogen) atoms. The fourth-order valence-corrected chi connectivity index (χ4v) is 1.70. The Kier molecular flexibility index (Phi) is 4.89. The molecule has 2 rings (SSSR count).